The van der Waals surface area contributed by atoms with Crippen molar-refractivity contribution >= 4 is 6.09 Å². The summed E-state index contributed by atoms with van der Waals surface area (Å²) in [6, 6.07) is 5.45. The highest BCUT2D eigenvalue weighted by molar-refractivity contribution is 5.70. The van der Waals surface area contributed by atoms with Gasteiger partial charge in [-0.2, -0.15) is 13.2 Å². The Bertz CT molecular complexity index is 701. The standard InChI is InChI=1S/C20H24F3NO2/c1-19(2,3)26-18(25)24-16-8-9-17(24)12-14(11-16)10-13-4-6-15(7-5-13)20(21,22)23/h4-7,11,16-17H,8-10,12H2,1-3H3. The minimum Gasteiger partial charge on any atom is -0.444 e. The molecular weight excluding hydrogens is 343 g/mol. The number of ether oxygens (including phenoxy) is 1. The van der Waals surface area contributed by atoms with Gasteiger partial charge in [-0.1, -0.05) is 23.8 Å². The van der Waals surface area contributed by atoms with Crippen molar-refractivity contribution in [3.63, 3.8) is 0 Å². The lowest BCUT2D eigenvalue weighted by molar-refractivity contribution is -0.137. The Kier molecular flexibility index (Phi) is 4.80. The summed E-state index contributed by atoms with van der Waals surface area (Å²) in [7, 11) is 0. The van der Waals surface area contributed by atoms with E-state index in [0.717, 1.165) is 37.0 Å². The quantitative estimate of drug-likeness (QED) is 0.660. The van der Waals surface area contributed by atoms with E-state index in [-0.39, 0.29) is 18.2 Å². The lowest BCUT2D eigenvalue weighted by Crippen LogP contribution is -2.45. The fourth-order valence-electron chi connectivity index (χ4n) is 3.72. The Morgan fingerprint density at radius 1 is 1.15 bits per heavy atom. The maximum Gasteiger partial charge on any atom is 0.416 e. The predicted octanol–water partition coefficient (Wildman–Crippen LogP) is 5.35. The molecule has 3 nitrogen and oxygen atoms in total. The van der Waals surface area contributed by atoms with E-state index >= 15 is 0 Å². The topological polar surface area (TPSA) is 29.5 Å². The zero-order valence-electron chi connectivity index (χ0n) is 15.3. The summed E-state index contributed by atoms with van der Waals surface area (Å²) in [5.41, 5.74) is 0.877. The lowest BCUT2D eigenvalue weighted by atomic mass is 9.95. The smallest absolute Gasteiger partial charge is 0.416 e. The number of alkyl halides is 3. The molecule has 0 N–H and O–H groups in total. The van der Waals surface area contributed by atoms with Crippen molar-refractivity contribution in [3.05, 3.63) is 47.0 Å². The van der Waals surface area contributed by atoms with Crippen LogP contribution in [0, 0.1) is 0 Å². The van der Waals surface area contributed by atoms with E-state index in [1.165, 1.54) is 17.7 Å². The van der Waals surface area contributed by atoms with Gasteiger partial charge in [0.2, 0.25) is 0 Å². The van der Waals surface area contributed by atoms with Crippen LogP contribution in [-0.4, -0.2) is 28.7 Å². The van der Waals surface area contributed by atoms with Crippen molar-refractivity contribution in [3.8, 4) is 0 Å². The van der Waals surface area contributed by atoms with Crippen LogP contribution in [0.25, 0.3) is 0 Å². The second-order valence-corrected chi connectivity index (χ2v) is 8.09. The number of amides is 1. The van der Waals surface area contributed by atoms with E-state index in [1.807, 2.05) is 25.7 Å². The summed E-state index contributed by atoms with van der Waals surface area (Å²) in [5.74, 6) is 0. The molecule has 3 rings (SSSR count). The molecular formula is C20H24F3NO2. The van der Waals surface area contributed by atoms with Gasteiger partial charge in [-0.05, 0) is 64.2 Å². The van der Waals surface area contributed by atoms with Gasteiger partial charge in [0.15, 0.2) is 0 Å². The van der Waals surface area contributed by atoms with Crippen molar-refractivity contribution < 1.29 is 22.7 Å². The van der Waals surface area contributed by atoms with Crippen LogP contribution >= 0.6 is 0 Å². The summed E-state index contributed by atoms with van der Waals surface area (Å²) in [6.45, 7) is 5.55. The van der Waals surface area contributed by atoms with Gasteiger partial charge in [-0.3, -0.25) is 4.90 Å². The monoisotopic (exact) mass is 367 g/mol. The van der Waals surface area contributed by atoms with E-state index in [2.05, 4.69) is 6.08 Å². The van der Waals surface area contributed by atoms with Gasteiger partial charge in [0.1, 0.15) is 5.60 Å². The van der Waals surface area contributed by atoms with Crippen molar-refractivity contribution in [2.24, 2.45) is 0 Å². The van der Waals surface area contributed by atoms with E-state index in [1.54, 1.807) is 0 Å². The van der Waals surface area contributed by atoms with E-state index < -0.39 is 17.3 Å². The molecule has 2 heterocycles. The highest BCUT2D eigenvalue weighted by Crippen LogP contribution is 2.37. The lowest BCUT2D eigenvalue weighted by Gasteiger charge is -2.35. The molecule has 0 radical (unpaired) electrons. The first-order valence-electron chi connectivity index (χ1n) is 8.90. The number of nitrogens with zero attached hydrogens (tertiary/aromatic N) is 1. The normalized spacial score (nSPS) is 23.0. The van der Waals surface area contributed by atoms with Crippen LogP contribution in [0.1, 0.15) is 51.2 Å². The fourth-order valence-corrected chi connectivity index (χ4v) is 3.72. The maximum absolute atomic E-state index is 12.7. The van der Waals surface area contributed by atoms with E-state index in [0.29, 0.717) is 6.42 Å². The molecule has 1 saturated heterocycles. The summed E-state index contributed by atoms with van der Waals surface area (Å²) in [6.07, 6.45) is 0.692. The summed E-state index contributed by atoms with van der Waals surface area (Å²) in [4.78, 5) is 14.3. The van der Waals surface area contributed by atoms with Crippen molar-refractivity contribution in [2.45, 2.75) is 70.3 Å². The van der Waals surface area contributed by atoms with Crippen LogP contribution in [0.5, 0.6) is 0 Å². The van der Waals surface area contributed by atoms with Crippen LogP contribution in [0.3, 0.4) is 0 Å². The van der Waals surface area contributed by atoms with Crippen molar-refractivity contribution in [1.29, 1.82) is 0 Å². The average molecular weight is 367 g/mol. The van der Waals surface area contributed by atoms with Gasteiger partial charge in [-0.15, -0.1) is 0 Å². The molecule has 1 amide bonds. The fraction of sp³-hybridized carbons (Fsp3) is 0.550. The molecule has 2 aliphatic rings. The molecule has 142 valence electrons. The molecule has 2 atom stereocenters. The molecule has 1 aromatic carbocycles. The third-order valence-corrected chi connectivity index (χ3v) is 4.79. The Hall–Kier alpha value is -1.98. The number of carbonyl (C=O) groups excluding carboxylic acids is 1. The average Bonchev–Trinajstić information content (AvgIpc) is 2.77. The van der Waals surface area contributed by atoms with Crippen LogP contribution in [0.15, 0.2) is 35.9 Å². The minimum absolute atomic E-state index is 0.0213. The molecule has 6 heteroatoms. The Balaban J connectivity index is 1.69. The third kappa shape index (κ3) is 4.22. The Labute approximate surface area is 151 Å². The predicted molar refractivity (Wildman–Crippen MR) is 92.7 cm³/mol. The molecule has 1 fully saturated rings. The van der Waals surface area contributed by atoms with Gasteiger partial charge in [0.05, 0.1) is 11.6 Å². The van der Waals surface area contributed by atoms with Gasteiger partial charge in [0.25, 0.3) is 0 Å². The minimum atomic E-state index is -4.31. The number of hydrogen-bond acceptors (Lipinski definition) is 2. The number of rotatable bonds is 2. The number of halogens is 3. The Morgan fingerprint density at radius 2 is 1.81 bits per heavy atom. The van der Waals surface area contributed by atoms with Crippen LogP contribution in [0.4, 0.5) is 18.0 Å². The van der Waals surface area contributed by atoms with Gasteiger partial charge >= 0.3 is 12.3 Å². The number of carbonyl (C=O) groups is 1. The molecule has 2 unspecified atom stereocenters. The Morgan fingerprint density at radius 3 is 2.35 bits per heavy atom. The SMILES string of the molecule is CC(C)(C)OC(=O)N1C2C=C(Cc3ccc(C(F)(F)F)cc3)CC1CC2. The number of fused-ring (bicyclic) bond motifs is 2. The van der Waals surface area contributed by atoms with Crippen LogP contribution in [0.2, 0.25) is 0 Å². The van der Waals surface area contributed by atoms with Gasteiger partial charge in [-0.25, -0.2) is 4.79 Å². The zero-order chi connectivity index (χ0) is 19.1. The summed E-state index contributed by atoms with van der Waals surface area (Å²) < 4.78 is 43.5. The molecule has 0 spiro atoms. The largest absolute Gasteiger partial charge is 0.444 e. The molecule has 0 saturated carbocycles. The molecule has 2 bridgehead atoms. The van der Waals surface area contributed by atoms with Crippen molar-refractivity contribution in [1.82, 2.24) is 4.90 Å². The summed E-state index contributed by atoms with van der Waals surface area (Å²) in [5, 5.41) is 0. The maximum atomic E-state index is 12.7. The highest BCUT2D eigenvalue weighted by Gasteiger charge is 2.41. The summed E-state index contributed by atoms with van der Waals surface area (Å²) >= 11 is 0. The van der Waals surface area contributed by atoms with E-state index in [9.17, 15) is 18.0 Å². The molecule has 1 aromatic rings. The number of hydrogen-bond donors (Lipinski definition) is 0. The zero-order valence-corrected chi connectivity index (χ0v) is 15.3. The van der Waals surface area contributed by atoms with Gasteiger partial charge < -0.3 is 4.74 Å². The molecule has 0 aliphatic carbocycles. The second kappa shape index (κ2) is 6.63. The first-order chi connectivity index (χ1) is 12.0. The first-order valence-corrected chi connectivity index (χ1v) is 8.90. The van der Waals surface area contributed by atoms with Crippen LogP contribution < -0.4 is 0 Å². The van der Waals surface area contributed by atoms with Crippen molar-refractivity contribution in [2.75, 3.05) is 0 Å². The molecule has 2 aliphatic heterocycles. The second-order valence-electron chi connectivity index (χ2n) is 8.09. The van der Waals surface area contributed by atoms with E-state index in [4.69, 9.17) is 4.74 Å². The highest BCUT2D eigenvalue weighted by atomic mass is 19.4. The molecule has 26 heavy (non-hydrogen) atoms. The molecule has 0 aromatic heterocycles. The first kappa shape index (κ1) is 18.8. The van der Waals surface area contributed by atoms with Crippen LogP contribution in [-0.2, 0) is 17.3 Å². The van der Waals surface area contributed by atoms with Gasteiger partial charge in [0, 0.05) is 6.04 Å². The number of benzene rings is 1. The third-order valence-electron chi connectivity index (χ3n) is 4.79.